The molecule has 0 spiro atoms. The summed E-state index contributed by atoms with van der Waals surface area (Å²) in [5.74, 6) is 0.410. The smallest absolute Gasteiger partial charge is 0.269 e. The van der Waals surface area contributed by atoms with Crippen LogP contribution in [-0.4, -0.2) is 44.4 Å². The number of methoxy groups -OCH3 is 2. The number of hydrogen-bond acceptors (Lipinski definition) is 7. The maximum Gasteiger partial charge on any atom is 0.269 e. The molecule has 3 rings (SSSR count). The van der Waals surface area contributed by atoms with Crippen molar-refractivity contribution in [2.75, 3.05) is 14.2 Å². The van der Waals surface area contributed by atoms with Crippen LogP contribution in [0.15, 0.2) is 57.0 Å². The van der Waals surface area contributed by atoms with Gasteiger partial charge in [0.1, 0.15) is 0 Å². The number of non-ortho nitro benzene ring substituents is 1. The van der Waals surface area contributed by atoms with Crippen LogP contribution in [-0.2, 0) is 14.8 Å². The molecule has 1 aliphatic rings. The van der Waals surface area contributed by atoms with Crippen LogP contribution in [0.3, 0.4) is 0 Å². The number of nitrogens with one attached hydrogen (secondary N) is 1. The average molecular weight is 645 g/mol. The Kier molecular flexibility index (Phi) is 8.59. The van der Waals surface area contributed by atoms with Crippen molar-refractivity contribution in [1.82, 2.24) is 9.62 Å². The monoisotopic (exact) mass is 643 g/mol. The van der Waals surface area contributed by atoms with E-state index in [-0.39, 0.29) is 10.6 Å². The summed E-state index contributed by atoms with van der Waals surface area (Å²) in [6, 6.07) is 2.73. The topological polar surface area (TPSA) is 128 Å². The Labute approximate surface area is 225 Å². The Morgan fingerprint density at radius 3 is 2.33 bits per heavy atom. The number of nitrogens with zero attached hydrogens (tertiary/aromatic N) is 2. The maximum atomic E-state index is 13.5. The van der Waals surface area contributed by atoms with Crippen molar-refractivity contribution in [2.24, 2.45) is 0 Å². The number of nitro benzene ring substituents is 1. The Morgan fingerprint density at radius 1 is 1.22 bits per heavy atom. The molecule has 1 unspecified atom stereocenters. The molecule has 10 nitrogen and oxygen atoms in total. The lowest BCUT2D eigenvalue weighted by Crippen LogP contribution is -2.46. The summed E-state index contributed by atoms with van der Waals surface area (Å²) in [6.45, 7) is 5.24. The summed E-state index contributed by atoms with van der Waals surface area (Å²) in [5.41, 5.74) is 1.27. The van der Waals surface area contributed by atoms with Gasteiger partial charge in [0.05, 0.1) is 45.1 Å². The number of rotatable bonds is 9. The Bertz CT molecular complexity index is 1340. The molecule has 1 amide bonds. The van der Waals surface area contributed by atoms with Gasteiger partial charge < -0.3 is 14.4 Å². The van der Waals surface area contributed by atoms with E-state index in [1.54, 1.807) is 18.4 Å². The second-order valence-corrected chi connectivity index (χ2v) is 11.0. The largest absolute Gasteiger partial charge is 0.492 e. The third kappa shape index (κ3) is 5.19. The number of fused-ring (bicyclic) bond motifs is 1. The van der Waals surface area contributed by atoms with Crippen molar-refractivity contribution in [1.29, 1.82) is 0 Å². The summed E-state index contributed by atoms with van der Waals surface area (Å²) in [7, 11) is -1.11. The van der Waals surface area contributed by atoms with Gasteiger partial charge in [-0.25, -0.2) is 8.42 Å². The Morgan fingerprint density at radius 2 is 1.81 bits per heavy atom. The minimum absolute atomic E-state index is 0.196. The van der Waals surface area contributed by atoms with Crippen molar-refractivity contribution in [3.8, 4) is 11.5 Å². The van der Waals surface area contributed by atoms with E-state index in [2.05, 4.69) is 43.2 Å². The third-order valence-electron chi connectivity index (χ3n) is 5.55. The van der Waals surface area contributed by atoms with Crippen LogP contribution < -0.4 is 14.2 Å². The summed E-state index contributed by atoms with van der Waals surface area (Å²) < 4.78 is 40.3. The van der Waals surface area contributed by atoms with Crippen molar-refractivity contribution in [3.63, 3.8) is 0 Å². The fourth-order valence-corrected chi connectivity index (χ4v) is 6.57. The van der Waals surface area contributed by atoms with Crippen molar-refractivity contribution >= 4 is 59.6 Å². The van der Waals surface area contributed by atoms with Crippen molar-refractivity contribution < 1.29 is 27.6 Å². The molecule has 1 heterocycles. The normalized spacial score (nSPS) is 15.7. The highest BCUT2D eigenvalue weighted by Gasteiger charge is 2.36. The molecule has 0 aromatic heterocycles. The molecule has 13 heteroatoms. The number of benzene rings is 2. The first-order valence-corrected chi connectivity index (χ1v) is 13.6. The number of sulfonamides is 1. The Hall–Kier alpha value is -2.74. The summed E-state index contributed by atoms with van der Waals surface area (Å²) in [6.07, 6.45) is 5.34. The van der Waals surface area contributed by atoms with E-state index >= 15 is 0 Å². The number of hydrogen-bond donors (Lipinski definition) is 1. The molecule has 2 aromatic rings. The van der Waals surface area contributed by atoms with Gasteiger partial charge in [-0.15, -0.1) is 6.58 Å². The van der Waals surface area contributed by atoms with Crippen LogP contribution in [0.5, 0.6) is 11.5 Å². The van der Waals surface area contributed by atoms with E-state index in [1.165, 1.54) is 26.0 Å². The van der Waals surface area contributed by atoms with Gasteiger partial charge in [-0.3, -0.25) is 14.9 Å². The van der Waals surface area contributed by atoms with Crippen LogP contribution in [0, 0.1) is 10.1 Å². The lowest BCUT2D eigenvalue weighted by molar-refractivity contribution is -0.384. The van der Waals surface area contributed by atoms with Crippen LogP contribution in [0.25, 0.3) is 6.08 Å². The number of nitro groups is 1. The molecular formula is C23H23Br2N3O7S. The molecule has 0 saturated heterocycles. The highest BCUT2D eigenvalue weighted by Crippen LogP contribution is 2.51. The predicted molar refractivity (Wildman–Crippen MR) is 141 cm³/mol. The van der Waals surface area contributed by atoms with Crippen LogP contribution in [0.1, 0.15) is 30.5 Å². The van der Waals surface area contributed by atoms with Crippen LogP contribution in [0.4, 0.5) is 5.69 Å². The van der Waals surface area contributed by atoms with Gasteiger partial charge in [-0.2, -0.15) is 4.72 Å². The van der Waals surface area contributed by atoms with Crippen molar-refractivity contribution in [3.05, 3.63) is 73.3 Å². The molecule has 36 heavy (non-hydrogen) atoms. The Balaban J connectivity index is 1.95. The summed E-state index contributed by atoms with van der Waals surface area (Å²) in [4.78, 5) is 24.9. The van der Waals surface area contributed by atoms with Gasteiger partial charge >= 0.3 is 0 Å². The zero-order valence-corrected chi connectivity index (χ0v) is 23.5. The molecule has 1 N–H and O–H groups in total. The number of carbonyl (C=O) groups excluding carboxylic acids is 1. The first kappa shape index (κ1) is 27.8. The first-order chi connectivity index (χ1) is 17.0. The fraction of sp³-hybridized carbons (Fsp3) is 0.261. The van der Waals surface area contributed by atoms with Crippen LogP contribution >= 0.6 is 31.9 Å². The number of carbonyl (C=O) groups is 1. The molecule has 2 aromatic carbocycles. The summed E-state index contributed by atoms with van der Waals surface area (Å²) >= 11 is 7.14. The molecule has 0 saturated carbocycles. The number of halogens is 2. The van der Waals surface area contributed by atoms with Gasteiger partial charge in [0.25, 0.3) is 5.69 Å². The van der Waals surface area contributed by atoms with Gasteiger partial charge in [0, 0.05) is 29.5 Å². The minimum Gasteiger partial charge on any atom is -0.492 e. The van der Waals surface area contributed by atoms with E-state index in [1.807, 2.05) is 0 Å². The zero-order chi connectivity index (χ0) is 26.8. The van der Waals surface area contributed by atoms with Gasteiger partial charge in [-0.05, 0) is 63.4 Å². The van der Waals surface area contributed by atoms with E-state index in [0.717, 1.165) is 35.4 Å². The van der Waals surface area contributed by atoms with Crippen LogP contribution in [0.2, 0.25) is 0 Å². The predicted octanol–water partition coefficient (Wildman–Crippen LogP) is 4.93. The third-order valence-corrected chi connectivity index (χ3v) is 8.68. The number of ether oxygens (including phenoxy) is 2. The summed E-state index contributed by atoms with van der Waals surface area (Å²) in [5, 5.41) is 10.9. The molecule has 0 radical (unpaired) electrons. The maximum absolute atomic E-state index is 13.5. The lowest BCUT2D eigenvalue weighted by Gasteiger charge is -2.36. The molecule has 192 valence electrons. The van der Waals surface area contributed by atoms with Gasteiger partial charge in [0.15, 0.2) is 11.5 Å². The highest BCUT2D eigenvalue weighted by atomic mass is 79.9. The quantitative estimate of drug-likeness (QED) is 0.233. The fourth-order valence-electron chi connectivity index (χ4n) is 3.87. The molecule has 0 bridgehead atoms. The zero-order valence-electron chi connectivity index (χ0n) is 19.5. The number of amides is 1. The van der Waals surface area contributed by atoms with E-state index < -0.39 is 32.9 Å². The molecular weight excluding hydrogens is 622 g/mol. The van der Waals surface area contributed by atoms with Gasteiger partial charge in [0.2, 0.25) is 15.9 Å². The SMILES string of the molecule is C=CCC1c2c(Br)c(OC)c(OC)c(Br)c2C=CN1C(=O)[C@H](C)NS(=O)(=O)c1ccc([N+](=O)[O-])cc1. The second kappa shape index (κ2) is 11.1. The standard InChI is InChI=1S/C23H23Br2N3O7S/c1-5-6-17-18-16(19(24)21(34-3)22(35-4)20(18)25)11-12-27(17)23(29)13(2)26-36(32,33)15-9-7-14(8-10-15)28(30)31/h5,7-13,17,26H,1,6H2,2-4H3/t13-,17?/m0/s1. The highest BCUT2D eigenvalue weighted by molar-refractivity contribution is 9.11. The van der Waals surface area contributed by atoms with E-state index in [9.17, 15) is 23.3 Å². The molecule has 0 fully saturated rings. The van der Waals surface area contributed by atoms with Crippen molar-refractivity contribution in [2.45, 2.75) is 30.3 Å². The molecule has 2 atom stereocenters. The van der Waals surface area contributed by atoms with E-state index in [4.69, 9.17) is 9.47 Å². The van der Waals surface area contributed by atoms with E-state index in [0.29, 0.717) is 26.9 Å². The van der Waals surface area contributed by atoms with Gasteiger partial charge in [-0.1, -0.05) is 6.08 Å². The lowest BCUT2D eigenvalue weighted by atomic mass is 9.92. The first-order valence-electron chi connectivity index (χ1n) is 10.5. The minimum atomic E-state index is -4.13. The second-order valence-electron chi connectivity index (χ2n) is 7.72. The average Bonchev–Trinajstić information content (AvgIpc) is 2.85. The molecule has 1 aliphatic heterocycles. The molecule has 0 aliphatic carbocycles.